The normalized spacial score (nSPS) is 28.2. The Bertz CT molecular complexity index is 653. The van der Waals surface area contributed by atoms with E-state index in [9.17, 15) is 4.79 Å². The summed E-state index contributed by atoms with van der Waals surface area (Å²) in [5.41, 5.74) is 2.15. The molecule has 3 heteroatoms. The first-order valence-corrected chi connectivity index (χ1v) is 6.53. The van der Waals surface area contributed by atoms with Crippen LogP contribution >= 0.6 is 0 Å². The van der Waals surface area contributed by atoms with Gasteiger partial charge in [-0.25, -0.2) is 0 Å². The second-order valence-corrected chi connectivity index (χ2v) is 5.13. The van der Waals surface area contributed by atoms with Crippen molar-refractivity contribution >= 4 is 5.78 Å². The highest BCUT2D eigenvalue weighted by Gasteiger charge is 2.64. The van der Waals surface area contributed by atoms with Crippen molar-refractivity contribution in [2.24, 2.45) is 0 Å². The molecule has 19 heavy (non-hydrogen) atoms. The van der Waals surface area contributed by atoms with E-state index in [1.807, 2.05) is 42.5 Å². The SMILES string of the molecule is O=C1c2ccccc2CC[C@]12O[C@H]2c1ccccn1. The molecule has 0 unspecified atom stereocenters. The predicted molar refractivity (Wildman–Crippen MR) is 69.9 cm³/mol. The van der Waals surface area contributed by atoms with Gasteiger partial charge in [0.15, 0.2) is 11.4 Å². The number of epoxide rings is 1. The minimum atomic E-state index is -0.650. The maximum Gasteiger partial charge on any atom is 0.198 e. The molecule has 3 nitrogen and oxygen atoms in total. The van der Waals surface area contributed by atoms with Crippen LogP contribution in [0.3, 0.4) is 0 Å². The third-order valence-electron chi connectivity index (χ3n) is 4.06. The molecule has 0 amide bonds. The molecule has 2 atom stereocenters. The molecule has 1 aliphatic heterocycles. The number of hydrogen-bond donors (Lipinski definition) is 0. The largest absolute Gasteiger partial charge is 0.351 e. The number of pyridine rings is 1. The highest BCUT2D eigenvalue weighted by Crippen LogP contribution is 2.55. The first-order valence-electron chi connectivity index (χ1n) is 6.53. The van der Waals surface area contributed by atoms with E-state index in [0.717, 1.165) is 29.7 Å². The monoisotopic (exact) mass is 251 g/mol. The first kappa shape index (κ1) is 10.9. The number of aryl methyl sites for hydroxylation is 1. The van der Waals surface area contributed by atoms with E-state index < -0.39 is 5.60 Å². The number of benzene rings is 1. The van der Waals surface area contributed by atoms with Crippen LogP contribution in [0.15, 0.2) is 48.7 Å². The van der Waals surface area contributed by atoms with Crippen molar-refractivity contribution in [2.75, 3.05) is 0 Å². The zero-order chi connectivity index (χ0) is 12.9. The maximum atomic E-state index is 12.6. The fourth-order valence-electron chi connectivity index (χ4n) is 2.99. The average Bonchev–Trinajstić information content (AvgIpc) is 3.20. The fraction of sp³-hybridized carbons (Fsp3) is 0.250. The zero-order valence-electron chi connectivity index (χ0n) is 10.4. The molecule has 4 rings (SSSR count). The Balaban J connectivity index is 1.71. The lowest BCUT2D eigenvalue weighted by Gasteiger charge is -2.20. The van der Waals surface area contributed by atoms with Gasteiger partial charge >= 0.3 is 0 Å². The van der Waals surface area contributed by atoms with Crippen molar-refractivity contribution in [3.05, 3.63) is 65.5 Å². The lowest BCUT2D eigenvalue weighted by molar-refractivity contribution is 0.0850. The number of aromatic nitrogens is 1. The molecule has 0 radical (unpaired) electrons. The van der Waals surface area contributed by atoms with Crippen LogP contribution in [0.2, 0.25) is 0 Å². The first-order chi connectivity index (χ1) is 9.31. The van der Waals surface area contributed by atoms with Crippen molar-refractivity contribution in [1.29, 1.82) is 0 Å². The number of nitrogens with zero attached hydrogens (tertiary/aromatic N) is 1. The molecular weight excluding hydrogens is 238 g/mol. The van der Waals surface area contributed by atoms with Gasteiger partial charge in [-0.15, -0.1) is 0 Å². The van der Waals surface area contributed by atoms with Crippen molar-refractivity contribution in [2.45, 2.75) is 24.5 Å². The molecule has 2 aliphatic rings. The number of ketones is 1. The quantitative estimate of drug-likeness (QED) is 0.732. The number of rotatable bonds is 1. The Kier molecular flexibility index (Phi) is 2.15. The number of carbonyl (C=O) groups is 1. The summed E-state index contributed by atoms with van der Waals surface area (Å²) in [5.74, 6) is 0.116. The van der Waals surface area contributed by atoms with Gasteiger partial charge in [0.1, 0.15) is 6.10 Å². The molecule has 0 N–H and O–H groups in total. The van der Waals surface area contributed by atoms with Gasteiger partial charge in [0, 0.05) is 11.8 Å². The molecule has 1 fully saturated rings. The molecule has 0 bridgehead atoms. The standard InChI is InChI=1S/C16H13NO2/c18-14-12-6-2-1-5-11(12)8-9-16(14)15(19-16)13-7-3-4-10-17-13/h1-7,10,15H,8-9H2/t15-,16-/m0/s1. The minimum Gasteiger partial charge on any atom is -0.351 e. The maximum absolute atomic E-state index is 12.6. The highest BCUT2D eigenvalue weighted by atomic mass is 16.6. The summed E-state index contributed by atoms with van der Waals surface area (Å²) in [5, 5.41) is 0. The molecule has 94 valence electrons. The Morgan fingerprint density at radius 1 is 1.16 bits per heavy atom. The summed E-state index contributed by atoms with van der Waals surface area (Å²) < 4.78 is 5.79. The molecule has 1 saturated heterocycles. The van der Waals surface area contributed by atoms with E-state index in [1.165, 1.54) is 0 Å². The van der Waals surface area contributed by atoms with Crippen LogP contribution in [0.4, 0.5) is 0 Å². The Morgan fingerprint density at radius 2 is 2.00 bits per heavy atom. The molecule has 2 heterocycles. The lowest BCUT2D eigenvalue weighted by atomic mass is 9.80. The minimum absolute atomic E-state index is 0.116. The Labute approximate surface area is 111 Å². The van der Waals surface area contributed by atoms with Gasteiger partial charge in [0.2, 0.25) is 0 Å². The van der Waals surface area contributed by atoms with Gasteiger partial charge in [-0.05, 0) is 30.5 Å². The second-order valence-electron chi connectivity index (χ2n) is 5.13. The van der Waals surface area contributed by atoms with Crippen molar-refractivity contribution in [3.63, 3.8) is 0 Å². The number of ether oxygens (including phenoxy) is 1. The van der Waals surface area contributed by atoms with Crippen LogP contribution in [0.25, 0.3) is 0 Å². The van der Waals surface area contributed by atoms with Crippen LogP contribution in [0, 0.1) is 0 Å². The number of hydrogen-bond acceptors (Lipinski definition) is 3. The summed E-state index contributed by atoms with van der Waals surface area (Å²) in [4.78, 5) is 16.9. The summed E-state index contributed by atoms with van der Waals surface area (Å²) >= 11 is 0. The summed E-state index contributed by atoms with van der Waals surface area (Å²) in [6.45, 7) is 0. The fourth-order valence-corrected chi connectivity index (χ4v) is 2.99. The van der Waals surface area contributed by atoms with E-state index in [2.05, 4.69) is 4.98 Å². The summed E-state index contributed by atoms with van der Waals surface area (Å²) in [7, 11) is 0. The van der Waals surface area contributed by atoms with Gasteiger partial charge in [-0.3, -0.25) is 9.78 Å². The number of carbonyl (C=O) groups excluding carboxylic acids is 1. The average molecular weight is 251 g/mol. The molecule has 1 aromatic carbocycles. The van der Waals surface area contributed by atoms with Gasteiger partial charge in [0.05, 0.1) is 5.69 Å². The molecular formula is C16H13NO2. The van der Waals surface area contributed by atoms with Crippen molar-refractivity contribution in [3.8, 4) is 0 Å². The van der Waals surface area contributed by atoms with E-state index in [0.29, 0.717) is 0 Å². The second kappa shape index (κ2) is 3.75. The zero-order valence-corrected chi connectivity index (χ0v) is 10.4. The lowest BCUT2D eigenvalue weighted by Crippen LogP contribution is -2.31. The third-order valence-corrected chi connectivity index (χ3v) is 4.06. The predicted octanol–water partition coefficient (Wildman–Crippen LogP) is 2.72. The molecule has 1 spiro atoms. The topological polar surface area (TPSA) is 42.5 Å². The van der Waals surface area contributed by atoms with Crippen molar-refractivity contribution < 1.29 is 9.53 Å². The van der Waals surface area contributed by atoms with E-state index in [4.69, 9.17) is 4.74 Å². The van der Waals surface area contributed by atoms with Crippen LogP contribution in [0.1, 0.15) is 34.1 Å². The number of fused-ring (bicyclic) bond motifs is 1. The number of Topliss-reactive ketones (excluding diaryl/α,β-unsaturated/α-hetero) is 1. The van der Waals surface area contributed by atoms with Crippen molar-refractivity contribution in [1.82, 2.24) is 4.98 Å². The van der Waals surface area contributed by atoms with Gasteiger partial charge in [0.25, 0.3) is 0 Å². The Hall–Kier alpha value is -2.00. The summed E-state index contributed by atoms with van der Waals surface area (Å²) in [6, 6.07) is 13.5. The molecule has 2 aromatic rings. The van der Waals surface area contributed by atoms with Gasteiger partial charge < -0.3 is 4.74 Å². The van der Waals surface area contributed by atoms with Crippen LogP contribution in [-0.2, 0) is 11.2 Å². The van der Waals surface area contributed by atoms with Crippen LogP contribution in [0.5, 0.6) is 0 Å². The van der Waals surface area contributed by atoms with Crippen LogP contribution < -0.4 is 0 Å². The van der Waals surface area contributed by atoms with E-state index >= 15 is 0 Å². The highest BCUT2D eigenvalue weighted by molar-refractivity contribution is 6.06. The smallest absolute Gasteiger partial charge is 0.198 e. The molecule has 1 aromatic heterocycles. The van der Waals surface area contributed by atoms with E-state index in [1.54, 1.807) is 6.20 Å². The van der Waals surface area contributed by atoms with E-state index in [-0.39, 0.29) is 11.9 Å². The summed E-state index contributed by atoms with van der Waals surface area (Å²) in [6.07, 6.45) is 3.22. The Morgan fingerprint density at radius 3 is 2.84 bits per heavy atom. The third kappa shape index (κ3) is 1.48. The van der Waals surface area contributed by atoms with Crippen LogP contribution in [-0.4, -0.2) is 16.4 Å². The molecule has 0 saturated carbocycles. The molecule has 1 aliphatic carbocycles. The van der Waals surface area contributed by atoms with Gasteiger partial charge in [-0.1, -0.05) is 30.3 Å². The van der Waals surface area contributed by atoms with Gasteiger partial charge in [-0.2, -0.15) is 0 Å².